The first-order valence-corrected chi connectivity index (χ1v) is 7.68. The molecule has 0 bridgehead atoms. The average molecular weight is 313 g/mol. The third-order valence-electron chi connectivity index (χ3n) is 3.97. The fourth-order valence-corrected chi connectivity index (χ4v) is 2.57. The molecule has 1 amide bonds. The molecular formula is C17H19N3O3. The van der Waals surface area contributed by atoms with Gasteiger partial charge in [-0.25, -0.2) is 4.79 Å². The van der Waals surface area contributed by atoms with Crippen LogP contribution in [-0.4, -0.2) is 21.7 Å². The summed E-state index contributed by atoms with van der Waals surface area (Å²) in [5, 5.41) is 8.28. The van der Waals surface area contributed by atoms with Gasteiger partial charge in [-0.1, -0.05) is 18.6 Å². The fourth-order valence-electron chi connectivity index (χ4n) is 2.57. The van der Waals surface area contributed by atoms with E-state index >= 15 is 0 Å². The Morgan fingerprint density at radius 2 is 2.17 bits per heavy atom. The molecule has 6 nitrogen and oxygen atoms in total. The van der Waals surface area contributed by atoms with E-state index in [1.165, 1.54) is 6.20 Å². The number of nitrogens with zero attached hydrogens (tertiary/aromatic N) is 2. The second kappa shape index (κ2) is 5.87. The highest BCUT2D eigenvalue weighted by molar-refractivity contribution is 6.02. The van der Waals surface area contributed by atoms with Crippen LogP contribution in [0.25, 0.3) is 21.9 Å². The largest absolute Gasteiger partial charge is 0.422 e. The SMILES string of the molecule is CC[C@H](C)NC(=O)Cn1ncc2c(=O)oc3ccc(C)cc3c21. The first-order chi connectivity index (χ1) is 11.0. The Kier molecular flexibility index (Phi) is 3.90. The van der Waals surface area contributed by atoms with Crippen LogP contribution < -0.4 is 10.9 Å². The Morgan fingerprint density at radius 1 is 1.39 bits per heavy atom. The molecule has 2 heterocycles. The molecule has 0 radical (unpaired) electrons. The van der Waals surface area contributed by atoms with Crippen molar-refractivity contribution in [3.63, 3.8) is 0 Å². The van der Waals surface area contributed by atoms with Gasteiger partial charge in [0.05, 0.1) is 11.7 Å². The van der Waals surface area contributed by atoms with Crippen LogP contribution in [0, 0.1) is 6.92 Å². The summed E-state index contributed by atoms with van der Waals surface area (Å²) in [5.74, 6) is -0.126. The lowest BCUT2D eigenvalue weighted by molar-refractivity contribution is -0.122. The van der Waals surface area contributed by atoms with Crippen LogP contribution in [-0.2, 0) is 11.3 Å². The minimum atomic E-state index is -0.440. The molecule has 1 aromatic carbocycles. The molecule has 0 aliphatic heterocycles. The maximum Gasteiger partial charge on any atom is 0.347 e. The number of nitrogens with one attached hydrogen (secondary N) is 1. The van der Waals surface area contributed by atoms with Gasteiger partial charge in [0.2, 0.25) is 5.91 Å². The van der Waals surface area contributed by atoms with Gasteiger partial charge in [0.1, 0.15) is 17.5 Å². The zero-order valence-corrected chi connectivity index (χ0v) is 13.4. The third-order valence-corrected chi connectivity index (χ3v) is 3.97. The van der Waals surface area contributed by atoms with Crippen LogP contribution in [0.2, 0.25) is 0 Å². The number of carbonyl (C=O) groups is 1. The van der Waals surface area contributed by atoms with E-state index in [0.717, 1.165) is 17.4 Å². The summed E-state index contributed by atoms with van der Waals surface area (Å²) >= 11 is 0. The standard InChI is InChI=1S/C17H19N3O3/c1-4-11(3)19-15(21)9-20-16-12-7-10(2)5-6-14(12)23-17(22)13(16)8-18-20/h5-8,11H,4,9H2,1-3H3,(H,19,21)/t11-/m0/s1. The topological polar surface area (TPSA) is 77.1 Å². The number of fused-ring (bicyclic) bond motifs is 3. The Hall–Kier alpha value is -2.63. The van der Waals surface area contributed by atoms with E-state index < -0.39 is 5.63 Å². The number of amides is 1. The monoisotopic (exact) mass is 313 g/mol. The number of hydrogen-bond acceptors (Lipinski definition) is 4. The van der Waals surface area contributed by atoms with Crippen molar-refractivity contribution >= 4 is 27.8 Å². The van der Waals surface area contributed by atoms with Crippen LogP contribution >= 0.6 is 0 Å². The molecule has 0 fully saturated rings. The normalized spacial score (nSPS) is 12.7. The molecule has 6 heteroatoms. The van der Waals surface area contributed by atoms with Crippen molar-refractivity contribution in [2.24, 2.45) is 0 Å². The van der Waals surface area contributed by atoms with Crippen LogP contribution in [0.5, 0.6) is 0 Å². The summed E-state index contributed by atoms with van der Waals surface area (Å²) < 4.78 is 6.88. The first-order valence-electron chi connectivity index (χ1n) is 7.68. The maximum atomic E-state index is 12.1. The van der Waals surface area contributed by atoms with E-state index in [-0.39, 0.29) is 18.5 Å². The zero-order chi connectivity index (χ0) is 16.6. The van der Waals surface area contributed by atoms with Crippen LogP contribution in [0.4, 0.5) is 0 Å². The van der Waals surface area contributed by atoms with Gasteiger partial charge in [0, 0.05) is 11.4 Å². The second-order valence-corrected chi connectivity index (χ2v) is 5.83. The summed E-state index contributed by atoms with van der Waals surface area (Å²) in [6.07, 6.45) is 2.32. The highest BCUT2D eigenvalue weighted by Gasteiger charge is 2.15. The molecule has 0 unspecified atom stereocenters. The van der Waals surface area contributed by atoms with Crippen LogP contribution in [0.3, 0.4) is 0 Å². The predicted octanol–water partition coefficient (Wildman–Crippen LogP) is 2.37. The summed E-state index contributed by atoms with van der Waals surface area (Å²) in [6, 6.07) is 5.69. The van der Waals surface area contributed by atoms with E-state index in [4.69, 9.17) is 4.42 Å². The van der Waals surface area contributed by atoms with E-state index in [0.29, 0.717) is 16.5 Å². The van der Waals surface area contributed by atoms with Gasteiger partial charge in [-0.15, -0.1) is 0 Å². The molecule has 0 aliphatic carbocycles. The number of aromatic nitrogens is 2. The first kappa shape index (κ1) is 15.3. The van der Waals surface area contributed by atoms with Crippen molar-refractivity contribution in [2.45, 2.75) is 39.8 Å². The molecule has 23 heavy (non-hydrogen) atoms. The van der Waals surface area contributed by atoms with Crippen LogP contribution in [0.15, 0.2) is 33.6 Å². The van der Waals surface area contributed by atoms with Gasteiger partial charge in [0.15, 0.2) is 0 Å². The molecule has 3 aromatic rings. The minimum absolute atomic E-state index is 0.0698. The van der Waals surface area contributed by atoms with Crippen molar-refractivity contribution < 1.29 is 9.21 Å². The Balaban J connectivity index is 2.11. The fraction of sp³-hybridized carbons (Fsp3) is 0.353. The Labute approximate surface area is 133 Å². The van der Waals surface area contributed by atoms with E-state index in [9.17, 15) is 9.59 Å². The summed E-state index contributed by atoms with van der Waals surface area (Å²) in [4.78, 5) is 24.2. The summed E-state index contributed by atoms with van der Waals surface area (Å²) in [6.45, 7) is 6.00. The van der Waals surface area contributed by atoms with Gasteiger partial charge in [-0.05, 0) is 32.4 Å². The van der Waals surface area contributed by atoms with E-state index in [2.05, 4.69) is 10.4 Å². The molecule has 0 saturated carbocycles. The molecule has 2 aromatic heterocycles. The van der Waals surface area contributed by atoms with Gasteiger partial charge >= 0.3 is 5.63 Å². The molecule has 1 atom stereocenters. The van der Waals surface area contributed by atoms with Crippen molar-refractivity contribution in [3.8, 4) is 0 Å². The summed E-state index contributed by atoms with van der Waals surface area (Å²) in [5.41, 5.74) is 1.74. The number of benzene rings is 1. The van der Waals surface area contributed by atoms with Gasteiger partial charge in [-0.2, -0.15) is 5.10 Å². The maximum absolute atomic E-state index is 12.1. The Bertz CT molecular complexity index is 939. The van der Waals surface area contributed by atoms with E-state index in [1.807, 2.05) is 32.9 Å². The Morgan fingerprint density at radius 3 is 2.91 bits per heavy atom. The van der Waals surface area contributed by atoms with Crippen molar-refractivity contribution in [1.82, 2.24) is 15.1 Å². The lowest BCUT2D eigenvalue weighted by Crippen LogP contribution is -2.34. The lowest BCUT2D eigenvalue weighted by atomic mass is 10.1. The molecular weight excluding hydrogens is 294 g/mol. The number of aryl methyl sites for hydroxylation is 1. The highest BCUT2D eigenvalue weighted by Crippen LogP contribution is 2.23. The second-order valence-electron chi connectivity index (χ2n) is 5.83. The van der Waals surface area contributed by atoms with Crippen molar-refractivity contribution in [1.29, 1.82) is 0 Å². The molecule has 0 spiro atoms. The van der Waals surface area contributed by atoms with Crippen LogP contribution in [0.1, 0.15) is 25.8 Å². The molecule has 0 aliphatic rings. The lowest BCUT2D eigenvalue weighted by Gasteiger charge is -2.12. The van der Waals surface area contributed by atoms with Gasteiger partial charge < -0.3 is 9.73 Å². The number of hydrogen-bond donors (Lipinski definition) is 1. The summed E-state index contributed by atoms with van der Waals surface area (Å²) in [7, 11) is 0. The molecule has 120 valence electrons. The average Bonchev–Trinajstić information content (AvgIpc) is 2.92. The third kappa shape index (κ3) is 2.84. The van der Waals surface area contributed by atoms with Crippen molar-refractivity contribution in [3.05, 3.63) is 40.4 Å². The molecule has 3 rings (SSSR count). The quantitative estimate of drug-likeness (QED) is 0.750. The number of rotatable bonds is 4. The van der Waals surface area contributed by atoms with Gasteiger partial charge in [0.25, 0.3) is 0 Å². The minimum Gasteiger partial charge on any atom is -0.422 e. The predicted molar refractivity (Wildman–Crippen MR) is 88.4 cm³/mol. The molecule has 0 saturated heterocycles. The smallest absolute Gasteiger partial charge is 0.347 e. The molecule has 1 N–H and O–H groups in total. The van der Waals surface area contributed by atoms with Gasteiger partial charge in [-0.3, -0.25) is 9.48 Å². The zero-order valence-electron chi connectivity index (χ0n) is 13.4. The highest BCUT2D eigenvalue weighted by atomic mass is 16.4. The van der Waals surface area contributed by atoms with E-state index in [1.54, 1.807) is 10.7 Å². The number of carbonyl (C=O) groups excluding carboxylic acids is 1. The van der Waals surface area contributed by atoms with Crippen molar-refractivity contribution in [2.75, 3.05) is 0 Å².